The first-order valence-electron chi connectivity index (χ1n) is 6.76. The van der Waals surface area contributed by atoms with Gasteiger partial charge in [0.05, 0.1) is 16.3 Å². The molecule has 0 spiro atoms. The molecular formula is C15H15ClN4OS. The fraction of sp³-hybridized carbons (Fsp3) is 0.267. The molecule has 0 aliphatic heterocycles. The van der Waals surface area contributed by atoms with Gasteiger partial charge in [-0.3, -0.25) is 4.79 Å². The zero-order valence-electron chi connectivity index (χ0n) is 12.5. The number of hydrogen-bond donors (Lipinski definition) is 1. The Kier molecular flexibility index (Phi) is 3.97. The third kappa shape index (κ3) is 2.76. The predicted molar refractivity (Wildman–Crippen MR) is 88.8 cm³/mol. The van der Waals surface area contributed by atoms with Crippen LogP contribution in [0.15, 0.2) is 23.5 Å². The van der Waals surface area contributed by atoms with Crippen molar-refractivity contribution >= 4 is 40.3 Å². The van der Waals surface area contributed by atoms with Crippen LogP contribution in [-0.2, 0) is 7.05 Å². The van der Waals surface area contributed by atoms with Crippen LogP contribution < -0.4 is 0 Å². The molecule has 3 aromatic heterocycles. The van der Waals surface area contributed by atoms with Crippen LogP contribution >= 0.6 is 23.4 Å². The van der Waals surface area contributed by atoms with Crippen molar-refractivity contribution in [3.05, 3.63) is 40.3 Å². The minimum Gasteiger partial charge on any atom is -0.351 e. The number of rotatable bonds is 4. The van der Waals surface area contributed by atoms with Crippen molar-refractivity contribution in [2.24, 2.45) is 7.05 Å². The maximum Gasteiger partial charge on any atom is 0.178 e. The number of aryl methyl sites for hydroxylation is 1. The van der Waals surface area contributed by atoms with Crippen molar-refractivity contribution in [1.29, 1.82) is 0 Å². The van der Waals surface area contributed by atoms with Gasteiger partial charge in [-0.15, -0.1) is 0 Å². The molecule has 0 radical (unpaired) electrons. The number of carbonyl (C=O) groups excluding carboxylic acids is 1. The summed E-state index contributed by atoms with van der Waals surface area (Å²) in [6.45, 7) is 3.95. The first kappa shape index (κ1) is 15.1. The van der Waals surface area contributed by atoms with E-state index in [4.69, 9.17) is 11.6 Å². The smallest absolute Gasteiger partial charge is 0.178 e. The summed E-state index contributed by atoms with van der Waals surface area (Å²) in [5, 5.41) is 1.22. The number of aromatic amines is 1. The molecule has 3 aromatic rings. The third-order valence-electron chi connectivity index (χ3n) is 3.70. The maximum absolute atomic E-state index is 12.4. The van der Waals surface area contributed by atoms with E-state index >= 15 is 0 Å². The van der Waals surface area contributed by atoms with Gasteiger partial charge >= 0.3 is 0 Å². The van der Waals surface area contributed by atoms with Gasteiger partial charge in [-0.1, -0.05) is 23.4 Å². The van der Waals surface area contributed by atoms with Crippen LogP contribution in [0.25, 0.3) is 11.2 Å². The second-order valence-corrected chi connectivity index (χ2v) is 6.52. The lowest BCUT2D eigenvalue weighted by Crippen LogP contribution is -2.04. The first-order valence-corrected chi connectivity index (χ1v) is 8.12. The standard InChI is InChI=1S/C15H15ClN4OS/c1-8-4-11(9(2)20(8)3)13(21)7-22-15-18-12-5-10(16)6-17-14(12)19-15/h4-6H,7H2,1-3H3,(H,17,18,19). The zero-order valence-corrected chi connectivity index (χ0v) is 14.0. The summed E-state index contributed by atoms with van der Waals surface area (Å²) in [7, 11) is 1.96. The number of aromatic nitrogens is 4. The van der Waals surface area contributed by atoms with Crippen LogP contribution in [0.1, 0.15) is 21.7 Å². The molecule has 0 aliphatic carbocycles. The maximum atomic E-state index is 12.4. The Hall–Kier alpha value is -1.79. The molecule has 0 fully saturated rings. The topological polar surface area (TPSA) is 63.6 Å². The minimum absolute atomic E-state index is 0.0950. The second-order valence-electron chi connectivity index (χ2n) is 5.12. The molecule has 7 heteroatoms. The van der Waals surface area contributed by atoms with E-state index in [1.807, 2.05) is 31.5 Å². The van der Waals surface area contributed by atoms with E-state index in [0.717, 1.165) is 22.5 Å². The molecule has 0 aromatic carbocycles. The Labute approximate surface area is 137 Å². The monoisotopic (exact) mass is 334 g/mol. The highest BCUT2D eigenvalue weighted by Gasteiger charge is 2.15. The number of ketones is 1. The Balaban J connectivity index is 1.75. The molecule has 3 rings (SSSR count). The van der Waals surface area contributed by atoms with Crippen LogP contribution in [0.3, 0.4) is 0 Å². The highest BCUT2D eigenvalue weighted by Crippen LogP contribution is 2.22. The largest absolute Gasteiger partial charge is 0.351 e. The van der Waals surface area contributed by atoms with Gasteiger partial charge in [0.15, 0.2) is 16.6 Å². The number of thioether (sulfide) groups is 1. The van der Waals surface area contributed by atoms with Crippen LogP contribution in [0.2, 0.25) is 5.02 Å². The van der Waals surface area contributed by atoms with Crippen LogP contribution in [-0.4, -0.2) is 31.1 Å². The number of nitrogens with zero attached hydrogens (tertiary/aromatic N) is 3. The average molecular weight is 335 g/mol. The van der Waals surface area contributed by atoms with E-state index in [9.17, 15) is 4.79 Å². The van der Waals surface area contributed by atoms with Crippen LogP contribution in [0.4, 0.5) is 0 Å². The number of Topliss-reactive ketones (excluding diaryl/α,β-unsaturated/α-hetero) is 1. The zero-order chi connectivity index (χ0) is 15.9. The first-order chi connectivity index (χ1) is 10.5. The van der Waals surface area contributed by atoms with Gasteiger partial charge < -0.3 is 9.55 Å². The quantitative estimate of drug-likeness (QED) is 0.585. The SMILES string of the molecule is Cc1cc(C(=O)CSc2nc3ncc(Cl)cc3[nH]2)c(C)n1C. The van der Waals surface area contributed by atoms with Crippen LogP contribution in [0.5, 0.6) is 0 Å². The number of nitrogens with one attached hydrogen (secondary N) is 1. The normalized spacial score (nSPS) is 11.3. The van der Waals surface area contributed by atoms with Crippen molar-refractivity contribution in [2.75, 3.05) is 5.75 Å². The van der Waals surface area contributed by atoms with Crippen molar-refractivity contribution in [3.63, 3.8) is 0 Å². The molecule has 5 nitrogen and oxygen atoms in total. The molecule has 0 saturated carbocycles. The molecule has 0 unspecified atom stereocenters. The number of pyridine rings is 1. The molecule has 3 heterocycles. The summed E-state index contributed by atoms with van der Waals surface area (Å²) in [4.78, 5) is 24.0. The van der Waals surface area contributed by atoms with Gasteiger partial charge in [-0.2, -0.15) is 0 Å². The average Bonchev–Trinajstić information content (AvgIpc) is 3.00. The highest BCUT2D eigenvalue weighted by molar-refractivity contribution is 7.99. The van der Waals surface area contributed by atoms with Gasteiger partial charge in [-0.05, 0) is 26.0 Å². The molecule has 114 valence electrons. The van der Waals surface area contributed by atoms with E-state index < -0.39 is 0 Å². The lowest BCUT2D eigenvalue weighted by Gasteiger charge is -2.01. The van der Waals surface area contributed by atoms with Gasteiger partial charge in [0, 0.05) is 30.2 Å². The lowest BCUT2D eigenvalue weighted by atomic mass is 10.2. The summed E-state index contributed by atoms with van der Waals surface area (Å²) in [5.74, 6) is 0.426. The number of carbonyl (C=O) groups is 1. The van der Waals surface area contributed by atoms with E-state index in [0.29, 0.717) is 21.6 Å². The summed E-state index contributed by atoms with van der Waals surface area (Å²) >= 11 is 7.27. The van der Waals surface area contributed by atoms with Crippen molar-refractivity contribution in [1.82, 2.24) is 19.5 Å². The fourth-order valence-corrected chi connectivity index (χ4v) is 3.18. The molecule has 0 bridgehead atoms. The van der Waals surface area contributed by atoms with E-state index in [1.54, 1.807) is 12.3 Å². The summed E-state index contributed by atoms with van der Waals surface area (Å²) in [6, 6.07) is 3.70. The summed E-state index contributed by atoms with van der Waals surface area (Å²) < 4.78 is 2.02. The molecule has 0 saturated heterocycles. The van der Waals surface area contributed by atoms with Crippen molar-refractivity contribution in [2.45, 2.75) is 19.0 Å². The number of hydrogen-bond acceptors (Lipinski definition) is 4. The Morgan fingerprint density at radius 2 is 2.18 bits per heavy atom. The summed E-state index contributed by atoms with van der Waals surface area (Å²) in [6.07, 6.45) is 1.56. The highest BCUT2D eigenvalue weighted by atomic mass is 35.5. The minimum atomic E-state index is 0.0950. The molecule has 0 aliphatic rings. The predicted octanol–water partition coefficient (Wildman–Crippen LogP) is 3.54. The second kappa shape index (κ2) is 5.78. The van der Waals surface area contributed by atoms with Crippen molar-refractivity contribution < 1.29 is 4.79 Å². The third-order valence-corrected chi connectivity index (χ3v) is 4.78. The number of imidazole rings is 1. The molecular weight excluding hydrogens is 320 g/mol. The Bertz CT molecular complexity index is 868. The van der Waals surface area contributed by atoms with Crippen molar-refractivity contribution in [3.8, 4) is 0 Å². The number of halogens is 1. The van der Waals surface area contributed by atoms with Gasteiger partial charge in [-0.25, -0.2) is 9.97 Å². The van der Waals surface area contributed by atoms with Crippen LogP contribution in [0, 0.1) is 13.8 Å². The van der Waals surface area contributed by atoms with Gasteiger partial charge in [0.25, 0.3) is 0 Å². The molecule has 0 amide bonds. The summed E-state index contributed by atoms with van der Waals surface area (Å²) in [5.41, 5.74) is 4.21. The van der Waals surface area contributed by atoms with Gasteiger partial charge in [0.2, 0.25) is 0 Å². The number of H-pyrrole nitrogens is 1. The molecule has 1 N–H and O–H groups in total. The van der Waals surface area contributed by atoms with E-state index in [-0.39, 0.29) is 5.78 Å². The molecule has 22 heavy (non-hydrogen) atoms. The Morgan fingerprint density at radius 3 is 2.86 bits per heavy atom. The lowest BCUT2D eigenvalue weighted by molar-refractivity contribution is 0.102. The fourth-order valence-electron chi connectivity index (χ4n) is 2.27. The van der Waals surface area contributed by atoms with Gasteiger partial charge in [0.1, 0.15) is 0 Å². The Morgan fingerprint density at radius 1 is 1.41 bits per heavy atom. The molecule has 0 atom stereocenters. The number of fused-ring (bicyclic) bond motifs is 1. The van der Waals surface area contributed by atoms with E-state index in [2.05, 4.69) is 15.0 Å². The van der Waals surface area contributed by atoms with E-state index in [1.165, 1.54) is 11.8 Å².